The van der Waals surface area contributed by atoms with Gasteiger partial charge in [0.15, 0.2) is 6.10 Å². The zero-order chi connectivity index (χ0) is 14.8. The first-order valence-electron chi connectivity index (χ1n) is 6.77. The molecule has 2 aromatic carbocycles. The molecule has 1 atom stereocenters. The summed E-state index contributed by atoms with van der Waals surface area (Å²) in [7, 11) is 0. The predicted octanol–water partition coefficient (Wildman–Crippen LogP) is 3.40. The number of carbonyl (C=O) groups is 1. The third-order valence-corrected chi connectivity index (χ3v) is 3.39. The van der Waals surface area contributed by atoms with E-state index in [1.165, 1.54) is 0 Å². The lowest BCUT2D eigenvalue weighted by Crippen LogP contribution is -2.23. The van der Waals surface area contributed by atoms with Crippen molar-refractivity contribution in [3.05, 3.63) is 60.3 Å². The molecule has 0 radical (unpaired) electrons. The number of ether oxygens (including phenoxy) is 1. The zero-order valence-corrected chi connectivity index (χ0v) is 11.7. The highest BCUT2D eigenvalue weighted by molar-refractivity contribution is 6.09. The van der Waals surface area contributed by atoms with Gasteiger partial charge in [0.05, 0.1) is 0 Å². The maximum absolute atomic E-state index is 12.5. The number of hydrogen-bond donors (Lipinski definition) is 2. The van der Waals surface area contributed by atoms with Crippen molar-refractivity contribution in [2.45, 2.75) is 13.0 Å². The van der Waals surface area contributed by atoms with Crippen LogP contribution in [0.25, 0.3) is 10.9 Å². The van der Waals surface area contributed by atoms with Gasteiger partial charge in [0.2, 0.25) is 5.78 Å². The van der Waals surface area contributed by atoms with Crippen LogP contribution in [-0.2, 0) is 0 Å². The van der Waals surface area contributed by atoms with Crippen molar-refractivity contribution in [3.63, 3.8) is 0 Å². The van der Waals surface area contributed by atoms with Crippen LogP contribution >= 0.6 is 0 Å². The maximum atomic E-state index is 12.5. The molecule has 4 nitrogen and oxygen atoms in total. The SMILES string of the molecule is CC(Oc1cccc(N)c1)C(=O)c1c[nH]c2ccccc12. The molecule has 3 N–H and O–H groups in total. The quantitative estimate of drug-likeness (QED) is 0.568. The van der Waals surface area contributed by atoms with Gasteiger partial charge in [0, 0.05) is 34.4 Å². The first kappa shape index (κ1) is 13.2. The molecule has 0 fully saturated rings. The number of ketones is 1. The van der Waals surface area contributed by atoms with Crippen LogP contribution in [0.15, 0.2) is 54.7 Å². The number of aromatic nitrogens is 1. The van der Waals surface area contributed by atoms with Gasteiger partial charge in [-0.1, -0.05) is 24.3 Å². The Labute approximate surface area is 122 Å². The number of anilines is 1. The molecule has 3 rings (SSSR count). The molecule has 0 aliphatic rings. The molecule has 0 spiro atoms. The molecule has 4 heteroatoms. The van der Waals surface area contributed by atoms with Gasteiger partial charge < -0.3 is 15.5 Å². The standard InChI is InChI=1S/C17H16N2O2/c1-11(21-13-6-4-5-12(18)9-13)17(20)15-10-19-16-8-3-2-7-14(15)16/h2-11,19H,18H2,1H3. The summed E-state index contributed by atoms with van der Waals surface area (Å²) < 4.78 is 5.69. The molecule has 21 heavy (non-hydrogen) atoms. The van der Waals surface area contributed by atoms with Crippen LogP contribution in [-0.4, -0.2) is 16.9 Å². The Balaban J connectivity index is 1.84. The Kier molecular flexibility index (Phi) is 3.36. The largest absolute Gasteiger partial charge is 0.482 e. The molecule has 1 aromatic heterocycles. The molecule has 0 aliphatic heterocycles. The van der Waals surface area contributed by atoms with Gasteiger partial charge >= 0.3 is 0 Å². The summed E-state index contributed by atoms with van der Waals surface area (Å²) in [5.74, 6) is 0.533. The van der Waals surface area contributed by atoms with E-state index in [2.05, 4.69) is 4.98 Å². The number of para-hydroxylation sites is 1. The molecule has 0 amide bonds. The molecule has 106 valence electrons. The van der Waals surface area contributed by atoms with Crippen molar-refractivity contribution in [1.29, 1.82) is 0 Å². The second kappa shape index (κ2) is 5.32. The van der Waals surface area contributed by atoms with Gasteiger partial charge in [-0.05, 0) is 25.1 Å². The topological polar surface area (TPSA) is 68.1 Å². The van der Waals surface area contributed by atoms with E-state index >= 15 is 0 Å². The van der Waals surface area contributed by atoms with Crippen LogP contribution in [0.4, 0.5) is 5.69 Å². The maximum Gasteiger partial charge on any atom is 0.205 e. The Hall–Kier alpha value is -2.75. The number of fused-ring (bicyclic) bond motifs is 1. The summed E-state index contributed by atoms with van der Waals surface area (Å²) in [6.07, 6.45) is 1.15. The van der Waals surface area contributed by atoms with E-state index in [-0.39, 0.29) is 5.78 Å². The number of benzene rings is 2. The monoisotopic (exact) mass is 280 g/mol. The number of nitrogen functional groups attached to an aromatic ring is 1. The summed E-state index contributed by atoms with van der Waals surface area (Å²) in [5.41, 5.74) is 7.90. The Morgan fingerprint density at radius 1 is 1.19 bits per heavy atom. The third kappa shape index (κ3) is 2.60. The average Bonchev–Trinajstić information content (AvgIpc) is 2.90. The lowest BCUT2D eigenvalue weighted by molar-refractivity contribution is 0.0820. The van der Waals surface area contributed by atoms with Crippen molar-refractivity contribution in [2.24, 2.45) is 0 Å². The van der Waals surface area contributed by atoms with Crippen LogP contribution in [0, 0.1) is 0 Å². The van der Waals surface area contributed by atoms with Crippen molar-refractivity contribution in [2.75, 3.05) is 5.73 Å². The van der Waals surface area contributed by atoms with Gasteiger partial charge in [-0.25, -0.2) is 0 Å². The highest BCUT2D eigenvalue weighted by Crippen LogP contribution is 2.22. The van der Waals surface area contributed by atoms with Crippen molar-refractivity contribution in [1.82, 2.24) is 4.98 Å². The van der Waals surface area contributed by atoms with Crippen molar-refractivity contribution < 1.29 is 9.53 Å². The van der Waals surface area contributed by atoms with Gasteiger partial charge in [-0.2, -0.15) is 0 Å². The van der Waals surface area contributed by atoms with Crippen LogP contribution in [0.5, 0.6) is 5.75 Å². The number of hydrogen-bond acceptors (Lipinski definition) is 3. The molecule has 3 aromatic rings. The van der Waals surface area contributed by atoms with E-state index in [1.54, 1.807) is 37.4 Å². The number of carbonyl (C=O) groups excluding carboxylic acids is 1. The molecule has 1 heterocycles. The van der Waals surface area contributed by atoms with Gasteiger partial charge in [0.25, 0.3) is 0 Å². The molecule has 0 aliphatic carbocycles. The summed E-state index contributed by atoms with van der Waals surface area (Å²) in [6, 6.07) is 14.8. The first-order valence-corrected chi connectivity index (χ1v) is 6.77. The molecule has 0 bridgehead atoms. The average molecular weight is 280 g/mol. The van der Waals surface area contributed by atoms with E-state index in [1.807, 2.05) is 24.3 Å². The minimum Gasteiger partial charge on any atom is -0.482 e. The Morgan fingerprint density at radius 3 is 2.81 bits per heavy atom. The van der Waals surface area contributed by atoms with Gasteiger partial charge in [-0.3, -0.25) is 4.79 Å². The van der Waals surface area contributed by atoms with Crippen molar-refractivity contribution in [3.8, 4) is 5.75 Å². The van der Waals surface area contributed by atoms with E-state index in [9.17, 15) is 4.79 Å². The van der Waals surface area contributed by atoms with Crippen LogP contribution in [0.1, 0.15) is 17.3 Å². The van der Waals surface area contributed by atoms with Gasteiger partial charge in [-0.15, -0.1) is 0 Å². The first-order chi connectivity index (χ1) is 10.1. The van der Waals surface area contributed by atoms with E-state index in [4.69, 9.17) is 10.5 Å². The fraction of sp³-hybridized carbons (Fsp3) is 0.118. The zero-order valence-electron chi connectivity index (χ0n) is 11.7. The third-order valence-electron chi connectivity index (χ3n) is 3.39. The van der Waals surface area contributed by atoms with Gasteiger partial charge in [0.1, 0.15) is 5.75 Å². The van der Waals surface area contributed by atoms with E-state index < -0.39 is 6.10 Å². The molecule has 1 unspecified atom stereocenters. The predicted molar refractivity (Wildman–Crippen MR) is 83.6 cm³/mol. The number of H-pyrrole nitrogens is 1. The number of nitrogens with two attached hydrogens (primary N) is 1. The van der Waals surface area contributed by atoms with Crippen LogP contribution < -0.4 is 10.5 Å². The summed E-state index contributed by atoms with van der Waals surface area (Å²) in [4.78, 5) is 15.6. The minimum absolute atomic E-state index is 0.0603. The summed E-state index contributed by atoms with van der Waals surface area (Å²) in [5, 5.41) is 0.908. The molecular weight excluding hydrogens is 264 g/mol. The Morgan fingerprint density at radius 2 is 2.00 bits per heavy atom. The normalized spacial score (nSPS) is 12.2. The fourth-order valence-electron chi connectivity index (χ4n) is 2.34. The summed E-state index contributed by atoms with van der Waals surface area (Å²) in [6.45, 7) is 1.74. The number of Topliss-reactive ketones (excluding diaryl/α,β-unsaturated/α-hetero) is 1. The van der Waals surface area contributed by atoms with Crippen LogP contribution in [0.2, 0.25) is 0 Å². The number of aromatic amines is 1. The lowest BCUT2D eigenvalue weighted by Gasteiger charge is -2.13. The number of rotatable bonds is 4. The second-order valence-corrected chi connectivity index (χ2v) is 4.94. The lowest BCUT2D eigenvalue weighted by atomic mass is 10.1. The highest BCUT2D eigenvalue weighted by Gasteiger charge is 2.20. The van der Waals surface area contributed by atoms with Crippen molar-refractivity contribution >= 4 is 22.4 Å². The molecular formula is C17H16N2O2. The highest BCUT2D eigenvalue weighted by atomic mass is 16.5. The summed E-state index contributed by atoms with van der Waals surface area (Å²) >= 11 is 0. The molecule has 0 saturated heterocycles. The Bertz CT molecular complexity index is 792. The second-order valence-electron chi connectivity index (χ2n) is 4.94. The smallest absolute Gasteiger partial charge is 0.205 e. The molecule has 0 saturated carbocycles. The minimum atomic E-state index is -0.578. The van der Waals surface area contributed by atoms with Crippen LogP contribution in [0.3, 0.4) is 0 Å². The van der Waals surface area contributed by atoms with E-state index in [0.717, 1.165) is 10.9 Å². The fourth-order valence-corrected chi connectivity index (χ4v) is 2.34. The van der Waals surface area contributed by atoms with E-state index in [0.29, 0.717) is 17.0 Å². The number of nitrogens with one attached hydrogen (secondary N) is 1.